The minimum atomic E-state index is -0.781. The molecule has 4 heterocycles. The van der Waals surface area contributed by atoms with Gasteiger partial charge in [0.2, 0.25) is 0 Å². The number of benzene rings is 6. The second kappa shape index (κ2) is 12.3. The maximum atomic E-state index is 3.53. The number of para-hydroxylation sites is 2. The molecule has 0 bridgehead atoms. The number of aryl methyl sites for hydroxylation is 2. The van der Waals surface area contributed by atoms with Gasteiger partial charge in [0.15, 0.2) is 11.8 Å². The van der Waals surface area contributed by atoms with Gasteiger partial charge in [-0.2, -0.15) is 0 Å². The Morgan fingerprint density at radius 2 is 1.29 bits per heavy atom. The van der Waals surface area contributed by atoms with Gasteiger partial charge in [0, 0.05) is 28.2 Å². The Morgan fingerprint density at radius 1 is 0.635 bits per heavy atom. The smallest absolute Gasteiger partial charge is 0.268 e. The first-order valence-electron chi connectivity index (χ1n) is 17.6. The van der Waals surface area contributed by atoms with Crippen LogP contribution in [0.4, 0.5) is 28.4 Å². The third-order valence-corrected chi connectivity index (χ3v) is 14.5. The Kier molecular flexibility index (Phi) is 7.38. The van der Waals surface area contributed by atoms with Crippen molar-refractivity contribution < 1.29 is 4.57 Å². The van der Waals surface area contributed by atoms with Crippen LogP contribution in [0.2, 0.25) is 0 Å². The molecule has 0 amide bonds. The maximum Gasteiger partial charge on any atom is 0.268 e. The van der Waals surface area contributed by atoms with Gasteiger partial charge in [0.05, 0.1) is 48.6 Å². The number of hydrogen-bond acceptors (Lipinski definition) is 3. The molecule has 0 radical (unpaired) electrons. The number of anilines is 5. The Labute approximate surface area is 309 Å². The highest BCUT2D eigenvalue weighted by Crippen LogP contribution is 2.61. The van der Waals surface area contributed by atoms with Crippen molar-refractivity contribution in [3.05, 3.63) is 169 Å². The zero-order chi connectivity index (χ0) is 34.9. The van der Waals surface area contributed by atoms with Gasteiger partial charge in [0.1, 0.15) is 0 Å². The van der Waals surface area contributed by atoms with Gasteiger partial charge in [-0.3, -0.25) is 9.55 Å². The largest absolute Gasteiger partial charge is 0.341 e. The first kappa shape index (κ1) is 31.2. The van der Waals surface area contributed by atoms with Crippen LogP contribution in [0.1, 0.15) is 16.8 Å². The van der Waals surface area contributed by atoms with Gasteiger partial charge in [-0.1, -0.05) is 109 Å². The number of aromatic nitrogens is 3. The second-order valence-electron chi connectivity index (χ2n) is 13.6. The number of nitrogens with one attached hydrogen (secondary N) is 1. The Bertz CT molecular complexity index is 2590. The van der Waals surface area contributed by atoms with Crippen LogP contribution in [-0.4, -0.2) is 16.6 Å². The molecule has 2 aliphatic heterocycles. The maximum absolute atomic E-state index is 3.53. The minimum absolute atomic E-state index is 0.187. The number of aromatic amines is 1. The van der Waals surface area contributed by atoms with E-state index in [9.17, 15) is 0 Å². The van der Waals surface area contributed by atoms with Gasteiger partial charge in [-0.25, -0.2) is 4.57 Å². The van der Waals surface area contributed by atoms with Crippen molar-refractivity contribution in [2.45, 2.75) is 15.4 Å². The van der Waals surface area contributed by atoms with Gasteiger partial charge in [-0.05, 0) is 83.8 Å². The molecule has 252 valence electrons. The fraction of sp³-hybridized carbons (Fsp3) is 0.0889. The van der Waals surface area contributed by atoms with Crippen LogP contribution in [-0.2, 0) is 14.1 Å². The molecule has 5 nitrogen and oxygen atoms in total. The molecule has 0 aliphatic carbocycles. The number of fused-ring (bicyclic) bond motifs is 5. The highest BCUT2D eigenvalue weighted by Gasteiger charge is 2.36. The van der Waals surface area contributed by atoms with E-state index in [1.165, 1.54) is 76.7 Å². The monoisotopic (exact) mass is 710 g/mol. The molecule has 1 N–H and O–H groups in total. The van der Waals surface area contributed by atoms with Crippen molar-refractivity contribution in [1.29, 1.82) is 0 Å². The standard InChI is InChI=1S/C45H36N5PS/c1-47-28-36(43-45(47)48(2)29-46-43)30-22-24-38-40(26-30)50(39-20-12-11-19-37(39)49(38)3)31-23-25-42-35(27-31)44(34-18-10-13-21-41(34)52-42)51(32-14-6-4-7-15-32)33-16-8-5-9-17-33/h4-29,44H,1-3H3/p+1. The van der Waals surface area contributed by atoms with E-state index in [2.05, 4.69) is 197 Å². The summed E-state index contributed by atoms with van der Waals surface area (Å²) >= 11 is 1.90. The van der Waals surface area contributed by atoms with E-state index < -0.39 is 7.92 Å². The third kappa shape index (κ3) is 4.86. The van der Waals surface area contributed by atoms with Crippen LogP contribution in [0.25, 0.3) is 22.3 Å². The van der Waals surface area contributed by atoms with Crippen molar-refractivity contribution in [1.82, 2.24) is 9.55 Å². The fourth-order valence-electron chi connectivity index (χ4n) is 8.22. The summed E-state index contributed by atoms with van der Waals surface area (Å²) in [5, 5.41) is 2.78. The number of hydrogen-bond donors (Lipinski definition) is 1. The van der Waals surface area contributed by atoms with Crippen molar-refractivity contribution in [3.8, 4) is 11.1 Å². The quantitative estimate of drug-likeness (QED) is 0.143. The van der Waals surface area contributed by atoms with E-state index in [0.717, 1.165) is 5.52 Å². The molecule has 1 unspecified atom stereocenters. The summed E-state index contributed by atoms with van der Waals surface area (Å²) < 4.78 is 4.35. The molecule has 6 aromatic carbocycles. The molecular weight excluding hydrogens is 674 g/mol. The average molecular weight is 711 g/mol. The molecule has 2 aliphatic rings. The topological polar surface area (TPSA) is 31.1 Å². The Hall–Kier alpha value is -5.55. The highest BCUT2D eigenvalue weighted by molar-refractivity contribution is 7.99. The Balaban J connectivity index is 1.19. The molecule has 7 heteroatoms. The van der Waals surface area contributed by atoms with Crippen molar-refractivity contribution in [2.75, 3.05) is 16.8 Å². The van der Waals surface area contributed by atoms with Gasteiger partial charge in [-0.15, -0.1) is 0 Å². The summed E-state index contributed by atoms with van der Waals surface area (Å²) in [5.74, 6) is 0. The Morgan fingerprint density at radius 3 is 2.06 bits per heavy atom. The first-order chi connectivity index (χ1) is 25.5. The van der Waals surface area contributed by atoms with Crippen molar-refractivity contribution in [2.24, 2.45) is 14.1 Å². The summed E-state index contributed by atoms with van der Waals surface area (Å²) in [7, 11) is 5.61. The second-order valence-corrected chi connectivity index (χ2v) is 17.0. The molecule has 0 spiro atoms. The van der Waals surface area contributed by atoms with Crippen molar-refractivity contribution >= 4 is 69.9 Å². The number of imidazole rings is 1. The summed E-state index contributed by atoms with van der Waals surface area (Å²) in [6.45, 7) is 0. The summed E-state index contributed by atoms with van der Waals surface area (Å²) in [6.07, 6.45) is 4.27. The zero-order valence-electron chi connectivity index (χ0n) is 29.2. The van der Waals surface area contributed by atoms with Gasteiger partial charge in [0.25, 0.3) is 5.65 Å². The van der Waals surface area contributed by atoms with Crippen molar-refractivity contribution in [3.63, 3.8) is 0 Å². The van der Waals surface area contributed by atoms with Crippen LogP contribution in [0, 0.1) is 0 Å². The van der Waals surface area contributed by atoms with Crippen LogP contribution >= 0.6 is 19.7 Å². The zero-order valence-corrected chi connectivity index (χ0v) is 30.9. The normalized spacial score (nSPS) is 14.7. The van der Waals surface area contributed by atoms with E-state index in [1.807, 2.05) is 18.1 Å². The lowest BCUT2D eigenvalue weighted by atomic mass is 9.99. The molecule has 1 atom stereocenters. The van der Waals surface area contributed by atoms with E-state index in [1.54, 1.807) is 0 Å². The van der Waals surface area contributed by atoms with E-state index in [0.29, 0.717) is 0 Å². The van der Waals surface area contributed by atoms with Crippen LogP contribution < -0.4 is 25.0 Å². The molecule has 0 saturated heterocycles. The van der Waals surface area contributed by atoms with E-state index >= 15 is 0 Å². The van der Waals surface area contributed by atoms with Crippen LogP contribution in [0.15, 0.2) is 168 Å². The molecule has 52 heavy (non-hydrogen) atoms. The predicted molar refractivity (Wildman–Crippen MR) is 218 cm³/mol. The summed E-state index contributed by atoms with van der Waals surface area (Å²) in [6, 6.07) is 54.3. The minimum Gasteiger partial charge on any atom is -0.341 e. The lowest BCUT2D eigenvalue weighted by Crippen LogP contribution is -2.26. The molecule has 0 fully saturated rings. The molecule has 8 aromatic rings. The van der Waals surface area contributed by atoms with Gasteiger partial charge < -0.3 is 9.80 Å². The third-order valence-electron chi connectivity index (χ3n) is 10.6. The summed E-state index contributed by atoms with van der Waals surface area (Å²) in [5.41, 5.74) is 13.5. The SMILES string of the molecule is CN1c2ccccc2N(c2ccc3c(c2)C(P(c2ccccc2)c2ccccc2)c2ccccc2S3)c2cc(-c3cn(C)c4c3[nH]c[n+]4C)ccc21. The first-order valence-corrected chi connectivity index (χ1v) is 19.9. The molecule has 10 rings (SSSR count). The van der Waals surface area contributed by atoms with Crippen LogP contribution in [0.3, 0.4) is 0 Å². The highest BCUT2D eigenvalue weighted by atomic mass is 32.2. The molecule has 0 saturated carbocycles. The summed E-state index contributed by atoms with van der Waals surface area (Å²) in [4.78, 5) is 11.0. The van der Waals surface area contributed by atoms with E-state index in [4.69, 9.17) is 0 Å². The molecular formula is C45H37N5PS+. The number of nitrogens with zero attached hydrogens (tertiary/aromatic N) is 4. The molecule has 2 aromatic heterocycles. The van der Waals surface area contributed by atoms with E-state index in [-0.39, 0.29) is 5.66 Å². The number of H-pyrrole nitrogens is 1. The lowest BCUT2D eigenvalue weighted by molar-refractivity contribution is -0.647. The average Bonchev–Trinajstić information content (AvgIpc) is 3.75. The van der Waals surface area contributed by atoms with Gasteiger partial charge >= 0.3 is 0 Å². The van der Waals surface area contributed by atoms with Crippen LogP contribution in [0.5, 0.6) is 0 Å². The predicted octanol–water partition coefficient (Wildman–Crippen LogP) is 10.2. The fourth-order valence-corrected chi connectivity index (χ4v) is 12.4. The lowest BCUT2D eigenvalue weighted by Gasteiger charge is -2.40. The number of rotatable bonds is 5.